The van der Waals surface area contributed by atoms with E-state index in [9.17, 15) is 36.2 Å². The maximum atomic E-state index is 13.6. The van der Waals surface area contributed by atoms with E-state index in [-0.39, 0.29) is 24.1 Å². The second-order valence-electron chi connectivity index (χ2n) is 9.05. The molecule has 34 heavy (non-hydrogen) atoms. The summed E-state index contributed by atoms with van der Waals surface area (Å²) < 4.78 is 85.6. The molecule has 2 atom stereocenters. The van der Waals surface area contributed by atoms with Crippen LogP contribution >= 0.6 is 0 Å². The maximum Gasteiger partial charge on any atom is 0.432 e. The van der Waals surface area contributed by atoms with E-state index in [0.29, 0.717) is 25.0 Å². The molecule has 2 aliphatic rings. The van der Waals surface area contributed by atoms with Crippen LogP contribution in [-0.4, -0.2) is 65.0 Å². The Hall–Kier alpha value is -2.56. The molecule has 2 heterocycles. The molecule has 5 nitrogen and oxygen atoms in total. The molecule has 0 saturated carbocycles. The Morgan fingerprint density at radius 1 is 1.18 bits per heavy atom. The lowest BCUT2D eigenvalue weighted by Gasteiger charge is -2.40. The van der Waals surface area contributed by atoms with Crippen LogP contribution in [0.4, 0.5) is 31.1 Å². The first-order valence-corrected chi connectivity index (χ1v) is 10.7. The van der Waals surface area contributed by atoms with E-state index >= 15 is 0 Å². The highest BCUT2D eigenvalue weighted by molar-refractivity contribution is 6.00. The van der Waals surface area contributed by atoms with Gasteiger partial charge in [-0.2, -0.15) is 26.3 Å². The number of carbonyl (C=O) groups is 1. The lowest BCUT2D eigenvalue weighted by atomic mass is 9.88. The van der Waals surface area contributed by atoms with Gasteiger partial charge in [-0.25, -0.2) is 4.79 Å². The van der Waals surface area contributed by atoms with Gasteiger partial charge in [0.05, 0.1) is 18.2 Å². The number of ether oxygens (including phenoxy) is 1. The molecule has 2 unspecified atom stereocenters. The number of amides is 1. The number of piperidine rings is 1. The summed E-state index contributed by atoms with van der Waals surface area (Å²) >= 11 is 0. The number of rotatable bonds is 2. The average molecular weight is 494 g/mol. The SMILES string of the molecule is C=C1/C=C\C=C(\C(F)(F)F)C/N=C(C(F)(F)F)\C=C/1C(O)C1CCCCN1C(=O)OC(C)(C)C. The fraction of sp³-hybridized carbons (Fsp3) is 0.565. The van der Waals surface area contributed by atoms with Crippen molar-refractivity contribution in [2.24, 2.45) is 4.99 Å². The number of hydrogen-bond acceptors (Lipinski definition) is 4. The van der Waals surface area contributed by atoms with Gasteiger partial charge >= 0.3 is 18.4 Å². The maximum absolute atomic E-state index is 13.6. The van der Waals surface area contributed by atoms with Crippen molar-refractivity contribution in [1.29, 1.82) is 0 Å². The number of halogens is 6. The van der Waals surface area contributed by atoms with E-state index in [1.165, 1.54) is 4.90 Å². The van der Waals surface area contributed by atoms with Crippen molar-refractivity contribution in [2.45, 2.75) is 70.1 Å². The lowest BCUT2D eigenvalue weighted by molar-refractivity contribution is -0.0924. The average Bonchev–Trinajstić information content (AvgIpc) is 2.68. The molecule has 0 aromatic carbocycles. The van der Waals surface area contributed by atoms with Crippen molar-refractivity contribution in [2.75, 3.05) is 13.1 Å². The Kier molecular flexibility index (Phi) is 8.44. The normalized spacial score (nSPS) is 27.5. The molecule has 11 heteroatoms. The zero-order chi connectivity index (χ0) is 25.9. The summed E-state index contributed by atoms with van der Waals surface area (Å²) in [5.41, 5.74) is -4.12. The van der Waals surface area contributed by atoms with Crippen LogP contribution in [0.5, 0.6) is 0 Å². The molecule has 0 bridgehead atoms. The smallest absolute Gasteiger partial charge is 0.432 e. The quantitative estimate of drug-likeness (QED) is 0.503. The molecule has 0 aliphatic carbocycles. The first-order valence-electron chi connectivity index (χ1n) is 10.7. The number of likely N-dealkylation sites (tertiary alicyclic amines) is 1. The molecular weight excluding hydrogens is 466 g/mol. The van der Waals surface area contributed by atoms with E-state index < -0.39 is 54.0 Å². The van der Waals surface area contributed by atoms with Crippen molar-refractivity contribution in [3.8, 4) is 0 Å². The van der Waals surface area contributed by atoms with Crippen molar-refractivity contribution in [3.63, 3.8) is 0 Å². The predicted octanol–water partition coefficient (Wildman–Crippen LogP) is 5.68. The summed E-state index contributed by atoms with van der Waals surface area (Å²) in [7, 11) is 0. The number of nitrogens with zero attached hydrogens (tertiary/aromatic N) is 2. The van der Waals surface area contributed by atoms with Gasteiger partial charge in [0, 0.05) is 6.54 Å². The largest absolute Gasteiger partial charge is 0.444 e. The van der Waals surface area contributed by atoms with Gasteiger partial charge in [0.1, 0.15) is 17.4 Å². The Bertz CT molecular complexity index is 907. The molecule has 2 aliphatic heterocycles. The van der Waals surface area contributed by atoms with Crippen molar-refractivity contribution >= 4 is 11.8 Å². The van der Waals surface area contributed by atoms with Gasteiger partial charge in [-0.05, 0) is 57.3 Å². The molecular formula is C23H28F6N2O3. The van der Waals surface area contributed by atoms with Crippen molar-refractivity contribution in [1.82, 2.24) is 4.90 Å². The highest BCUT2D eigenvalue weighted by atomic mass is 19.4. The Labute approximate surface area is 194 Å². The van der Waals surface area contributed by atoms with Gasteiger partial charge < -0.3 is 14.7 Å². The summed E-state index contributed by atoms with van der Waals surface area (Å²) in [6.07, 6.45) is -7.59. The van der Waals surface area contributed by atoms with E-state index in [2.05, 4.69) is 11.6 Å². The van der Waals surface area contributed by atoms with Gasteiger partial charge in [-0.3, -0.25) is 4.99 Å². The minimum atomic E-state index is -5.08. The molecule has 1 saturated heterocycles. The molecule has 1 fully saturated rings. The van der Waals surface area contributed by atoms with Crippen LogP contribution in [0, 0.1) is 0 Å². The van der Waals surface area contributed by atoms with Gasteiger partial charge in [0.15, 0.2) is 0 Å². The number of allylic oxidation sites excluding steroid dienone is 4. The van der Waals surface area contributed by atoms with Crippen molar-refractivity contribution < 1.29 is 41.0 Å². The third-order valence-corrected chi connectivity index (χ3v) is 5.19. The zero-order valence-electron chi connectivity index (χ0n) is 19.1. The predicted molar refractivity (Wildman–Crippen MR) is 115 cm³/mol. The number of aliphatic imine (C=N–C) groups is 1. The minimum absolute atomic E-state index is 0.140. The fourth-order valence-corrected chi connectivity index (χ4v) is 3.56. The van der Waals surface area contributed by atoms with E-state index in [1.807, 2.05) is 0 Å². The van der Waals surface area contributed by atoms with Crippen LogP contribution in [-0.2, 0) is 4.74 Å². The number of aliphatic hydroxyl groups excluding tert-OH is 1. The van der Waals surface area contributed by atoms with Crippen LogP contribution in [0.25, 0.3) is 0 Å². The van der Waals surface area contributed by atoms with Gasteiger partial charge in [-0.15, -0.1) is 0 Å². The van der Waals surface area contributed by atoms with Crippen LogP contribution in [0.2, 0.25) is 0 Å². The topological polar surface area (TPSA) is 62.1 Å². The van der Waals surface area contributed by atoms with Crippen LogP contribution < -0.4 is 0 Å². The van der Waals surface area contributed by atoms with Gasteiger partial charge in [0.25, 0.3) is 0 Å². The summed E-state index contributed by atoms with van der Waals surface area (Å²) in [5.74, 6) is 0. The summed E-state index contributed by atoms with van der Waals surface area (Å²) in [6, 6.07) is -0.918. The Balaban J connectivity index is 2.49. The second-order valence-corrected chi connectivity index (χ2v) is 9.05. The van der Waals surface area contributed by atoms with E-state index in [1.54, 1.807) is 20.8 Å². The van der Waals surface area contributed by atoms with Crippen LogP contribution in [0.15, 0.2) is 52.6 Å². The third kappa shape index (κ3) is 7.48. The Morgan fingerprint density at radius 3 is 2.38 bits per heavy atom. The molecule has 0 aromatic heterocycles. The summed E-state index contributed by atoms with van der Waals surface area (Å²) in [6.45, 7) is 7.59. The zero-order valence-corrected chi connectivity index (χ0v) is 19.1. The summed E-state index contributed by atoms with van der Waals surface area (Å²) in [5, 5.41) is 11.1. The number of aliphatic hydroxyl groups is 1. The number of carbonyl (C=O) groups excluding carboxylic acids is 1. The third-order valence-electron chi connectivity index (χ3n) is 5.19. The molecule has 1 amide bonds. The van der Waals surface area contributed by atoms with E-state index in [0.717, 1.165) is 12.2 Å². The minimum Gasteiger partial charge on any atom is -0.444 e. The molecule has 1 N–H and O–H groups in total. The molecule has 2 rings (SSSR count). The second kappa shape index (κ2) is 10.4. The van der Waals surface area contributed by atoms with Crippen LogP contribution in [0.3, 0.4) is 0 Å². The summed E-state index contributed by atoms with van der Waals surface area (Å²) in [4.78, 5) is 17.1. The molecule has 190 valence electrons. The first-order chi connectivity index (χ1) is 15.5. The van der Waals surface area contributed by atoms with Crippen molar-refractivity contribution in [3.05, 3.63) is 47.6 Å². The fourth-order valence-electron chi connectivity index (χ4n) is 3.56. The van der Waals surface area contributed by atoms with Crippen LogP contribution in [0.1, 0.15) is 40.0 Å². The number of alkyl halides is 6. The van der Waals surface area contributed by atoms with Gasteiger partial charge in [-0.1, -0.05) is 24.8 Å². The lowest BCUT2D eigenvalue weighted by Crippen LogP contribution is -2.52. The Morgan fingerprint density at radius 2 is 1.82 bits per heavy atom. The number of hydrogen-bond donors (Lipinski definition) is 1. The molecule has 0 aromatic rings. The molecule has 0 radical (unpaired) electrons. The van der Waals surface area contributed by atoms with Gasteiger partial charge in [0.2, 0.25) is 0 Å². The first kappa shape index (κ1) is 27.7. The standard InChI is InChI=1S/C23H28F6N2O3/c1-14-8-7-9-15(22(24,25)26)13-30-18(23(27,28)29)12-16(14)19(32)17-10-5-6-11-31(17)20(33)34-21(2,3)4/h7-9,12,17,19,32H,1,5-6,10-11,13H2,2-4H3/b8-7-,15-9+,16-12+,30-18+. The monoisotopic (exact) mass is 494 g/mol. The van der Waals surface area contributed by atoms with E-state index in [4.69, 9.17) is 4.74 Å². The molecule has 0 spiro atoms. The highest BCUT2D eigenvalue weighted by Crippen LogP contribution is 2.32. The highest BCUT2D eigenvalue weighted by Gasteiger charge is 2.40.